The van der Waals surface area contributed by atoms with Gasteiger partial charge in [0.05, 0.1) is 18.2 Å². The Morgan fingerprint density at radius 3 is 2.50 bits per heavy atom. The van der Waals surface area contributed by atoms with Gasteiger partial charge in [0.25, 0.3) is 0 Å². The van der Waals surface area contributed by atoms with Crippen molar-refractivity contribution in [2.24, 2.45) is 0 Å². The van der Waals surface area contributed by atoms with Crippen molar-refractivity contribution in [3.63, 3.8) is 0 Å². The summed E-state index contributed by atoms with van der Waals surface area (Å²) < 4.78 is 0. The number of nitrogens with one attached hydrogen (secondary N) is 3. The third kappa shape index (κ3) is 3.52. The summed E-state index contributed by atoms with van der Waals surface area (Å²) in [6.45, 7) is 0.499. The van der Waals surface area contributed by atoms with E-state index in [9.17, 15) is 4.79 Å². The number of carbonyl (C=O) groups is 1. The molecule has 3 N–H and O–H groups in total. The largest absolute Gasteiger partial charge is 0.345 e. The SMILES string of the molecule is O=C(NCc1ccccc1)Nc1ccc(-c2cnc[nH]2)cc1. The second-order valence-electron chi connectivity index (χ2n) is 4.84. The molecule has 110 valence electrons. The molecule has 0 aliphatic rings. The number of anilines is 1. The normalized spacial score (nSPS) is 10.2. The number of aromatic amines is 1. The molecule has 22 heavy (non-hydrogen) atoms. The Balaban J connectivity index is 1.55. The van der Waals surface area contributed by atoms with Crippen molar-refractivity contribution in [1.29, 1.82) is 0 Å². The van der Waals surface area contributed by atoms with E-state index in [0.717, 1.165) is 22.5 Å². The van der Waals surface area contributed by atoms with Gasteiger partial charge in [-0.3, -0.25) is 0 Å². The first-order chi connectivity index (χ1) is 10.8. The molecule has 0 aliphatic heterocycles. The van der Waals surface area contributed by atoms with Crippen LogP contribution in [0.5, 0.6) is 0 Å². The van der Waals surface area contributed by atoms with Gasteiger partial charge in [0.2, 0.25) is 0 Å². The number of rotatable bonds is 4. The van der Waals surface area contributed by atoms with Crippen LogP contribution in [0.1, 0.15) is 5.56 Å². The minimum Gasteiger partial charge on any atom is -0.345 e. The van der Waals surface area contributed by atoms with Crippen molar-refractivity contribution < 1.29 is 4.79 Å². The highest BCUT2D eigenvalue weighted by atomic mass is 16.2. The van der Waals surface area contributed by atoms with Crippen molar-refractivity contribution in [1.82, 2.24) is 15.3 Å². The average Bonchev–Trinajstić information content (AvgIpc) is 3.09. The molecule has 0 fully saturated rings. The van der Waals surface area contributed by atoms with Crippen molar-refractivity contribution in [2.45, 2.75) is 6.54 Å². The lowest BCUT2D eigenvalue weighted by molar-refractivity contribution is 0.251. The summed E-state index contributed by atoms with van der Waals surface area (Å²) in [4.78, 5) is 18.9. The number of carbonyl (C=O) groups excluding carboxylic acids is 1. The Hall–Kier alpha value is -3.08. The van der Waals surface area contributed by atoms with Crippen LogP contribution in [0, 0.1) is 0 Å². The lowest BCUT2D eigenvalue weighted by Crippen LogP contribution is -2.28. The van der Waals surface area contributed by atoms with Crippen molar-refractivity contribution >= 4 is 11.7 Å². The maximum absolute atomic E-state index is 11.9. The molecular weight excluding hydrogens is 276 g/mol. The second kappa shape index (κ2) is 6.58. The van der Waals surface area contributed by atoms with Gasteiger partial charge >= 0.3 is 6.03 Å². The van der Waals surface area contributed by atoms with Crippen LogP contribution in [-0.2, 0) is 6.54 Å². The molecule has 3 aromatic rings. The van der Waals surface area contributed by atoms with Gasteiger partial charge in [-0.2, -0.15) is 0 Å². The number of nitrogens with zero attached hydrogens (tertiary/aromatic N) is 1. The number of H-pyrrole nitrogens is 1. The van der Waals surface area contributed by atoms with E-state index in [2.05, 4.69) is 20.6 Å². The van der Waals surface area contributed by atoms with E-state index >= 15 is 0 Å². The maximum atomic E-state index is 11.9. The lowest BCUT2D eigenvalue weighted by Gasteiger charge is -2.08. The van der Waals surface area contributed by atoms with Gasteiger partial charge in [0.1, 0.15) is 0 Å². The molecule has 0 bridgehead atoms. The fourth-order valence-electron chi connectivity index (χ4n) is 2.10. The fourth-order valence-corrected chi connectivity index (χ4v) is 2.10. The van der Waals surface area contributed by atoms with Gasteiger partial charge < -0.3 is 15.6 Å². The van der Waals surface area contributed by atoms with Crippen LogP contribution in [0.15, 0.2) is 67.1 Å². The summed E-state index contributed by atoms with van der Waals surface area (Å²) in [5.74, 6) is 0. The van der Waals surface area contributed by atoms with E-state index in [4.69, 9.17) is 0 Å². The molecule has 1 heterocycles. The molecule has 0 unspecified atom stereocenters. The van der Waals surface area contributed by atoms with Crippen LogP contribution in [0.2, 0.25) is 0 Å². The zero-order valence-electron chi connectivity index (χ0n) is 11.9. The van der Waals surface area contributed by atoms with Crippen molar-refractivity contribution in [3.8, 4) is 11.3 Å². The average molecular weight is 292 g/mol. The van der Waals surface area contributed by atoms with Gasteiger partial charge in [-0.05, 0) is 23.3 Å². The van der Waals surface area contributed by atoms with E-state index in [-0.39, 0.29) is 6.03 Å². The molecule has 0 radical (unpaired) electrons. The van der Waals surface area contributed by atoms with Gasteiger partial charge in [0, 0.05) is 12.2 Å². The Morgan fingerprint density at radius 2 is 1.82 bits per heavy atom. The molecule has 3 rings (SSSR count). The molecule has 1 aromatic heterocycles. The summed E-state index contributed by atoms with van der Waals surface area (Å²) in [5.41, 5.74) is 3.77. The molecule has 2 amide bonds. The number of benzene rings is 2. The topological polar surface area (TPSA) is 69.8 Å². The van der Waals surface area contributed by atoms with Gasteiger partial charge in [-0.15, -0.1) is 0 Å². The zero-order chi connectivity index (χ0) is 15.2. The van der Waals surface area contributed by atoms with E-state index in [0.29, 0.717) is 6.54 Å². The predicted molar refractivity (Wildman–Crippen MR) is 86.3 cm³/mol. The molecule has 2 aromatic carbocycles. The Bertz CT molecular complexity index is 721. The highest BCUT2D eigenvalue weighted by Gasteiger charge is 2.03. The quantitative estimate of drug-likeness (QED) is 0.689. The summed E-state index contributed by atoms with van der Waals surface area (Å²) >= 11 is 0. The van der Waals surface area contributed by atoms with E-state index in [1.807, 2.05) is 54.6 Å². The first kappa shape index (κ1) is 13.9. The van der Waals surface area contributed by atoms with Gasteiger partial charge in [0.15, 0.2) is 0 Å². The van der Waals surface area contributed by atoms with Crippen LogP contribution < -0.4 is 10.6 Å². The number of hydrogen-bond acceptors (Lipinski definition) is 2. The second-order valence-corrected chi connectivity index (χ2v) is 4.84. The smallest absolute Gasteiger partial charge is 0.319 e. The van der Waals surface area contributed by atoms with Crippen molar-refractivity contribution in [3.05, 3.63) is 72.7 Å². The third-order valence-electron chi connectivity index (χ3n) is 3.25. The highest BCUT2D eigenvalue weighted by Crippen LogP contribution is 2.18. The number of imidazole rings is 1. The number of hydrogen-bond donors (Lipinski definition) is 3. The number of aromatic nitrogens is 2. The third-order valence-corrected chi connectivity index (χ3v) is 3.25. The Labute approximate surface area is 128 Å². The molecule has 0 saturated heterocycles. The molecule has 0 spiro atoms. The first-order valence-electron chi connectivity index (χ1n) is 6.99. The molecular formula is C17H16N4O. The molecule has 0 saturated carbocycles. The Kier molecular flexibility index (Phi) is 4.15. The lowest BCUT2D eigenvalue weighted by atomic mass is 10.1. The molecule has 5 heteroatoms. The standard InChI is InChI=1S/C17H16N4O/c22-17(19-10-13-4-2-1-3-5-13)21-15-8-6-14(7-9-15)16-11-18-12-20-16/h1-9,11-12H,10H2,(H,18,20)(H2,19,21,22). The predicted octanol–water partition coefficient (Wildman–Crippen LogP) is 3.40. The van der Waals surface area contributed by atoms with Gasteiger partial charge in [-0.25, -0.2) is 9.78 Å². The summed E-state index contributed by atoms with van der Waals surface area (Å²) in [6.07, 6.45) is 3.40. The van der Waals surface area contributed by atoms with E-state index in [1.165, 1.54) is 0 Å². The summed E-state index contributed by atoms with van der Waals surface area (Å²) in [6, 6.07) is 17.1. The first-order valence-corrected chi connectivity index (χ1v) is 6.99. The molecule has 0 aliphatic carbocycles. The minimum atomic E-state index is -0.224. The van der Waals surface area contributed by atoms with E-state index in [1.54, 1.807) is 12.5 Å². The van der Waals surface area contributed by atoms with Crippen LogP contribution in [0.4, 0.5) is 10.5 Å². The van der Waals surface area contributed by atoms with Crippen LogP contribution in [0.3, 0.4) is 0 Å². The minimum absolute atomic E-state index is 0.224. The van der Waals surface area contributed by atoms with Crippen LogP contribution in [-0.4, -0.2) is 16.0 Å². The van der Waals surface area contributed by atoms with Crippen molar-refractivity contribution in [2.75, 3.05) is 5.32 Å². The van der Waals surface area contributed by atoms with Crippen LogP contribution >= 0.6 is 0 Å². The fraction of sp³-hybridized carbons (Fsp3) is 0.0588. The number of amides is 2. The molecule has 0 atom stereocenters. The Morgan fingerprint density at radius 1 is 1.05 bits per heavy atom. The van der Waals surface area contributed by atoms with E-state index < -0.39 is 0 Å². The maximum Gasteiger partial charge on any atom is 0.319 e. The highest BCUT2D eigenvalue weighted by molar-refractivity contribution is 5.89. The monoisotopic (exact) mass is 292 g/mol. The van der Waals surface area contributed by atoms with Crippen LogP contribution in [0.25, 0.3) is 11.3 Å². The summed E-state index contributed by atoms with van der Waals surface area (Å²) in [5, 5.41) is 5.63. The summed E-state index contributed by atoms with van der Waals surface area (Å²) in [7, 11) is 0. The zero-order valence-corrected chi connectivity index (χ0v) is 11.9. The number of urea groups is 1. The van der Waals surface area contributed by atoms with Gasteiger partial charge in [-0.1, -0.05) is 42.5 Å². The molecule has 5 nitrogen and oxygen atoms in total.